The number of nitrogens with two attached hydrogens (primary N) is 1. The van der Waals surface area contributed by atoms with E-state index >= 15 is 0 Å². The number of rotatable bonds is 3. The standard InChI is InChI=1S/C10H22N4O/c1-8(6-10(15)12-11)14-5-4-13(3)9(2)7-14/h8-9H,4-7,11H2,1-3H3,(H,12,15). The van der Waals surface area contributed by atoms with Crippen molar-refractivity contribution in [1.82, 2.24) is 15.2 Å². The average molecular weight is 214 g/mol. The minimum Gasteiger partial charge on any atom is -0.301 e. The molecule has 5 heteroatoms. The summed E-state index contributed by atoms with van der Waals surface area (Å²) in [5.74, 6) is 4.98. The summed E-state index contributed by atoms with van der Waals surface area (Å²) in [4.78, 5) is 15.8. The van der Waals surface area contributed by atoms with Crippen LogP contribution in [-0.2, 0) is 4.79 Å². The molecule has 3 N–H and O–H groups in total. The van der Waals surface area contributed by atoms with Crippen LogP contribution in [0.15, 0.2) is 0 Å². The van der Waals surface area contributed by atoms with E-state index in [-0.39, 0.29) is 11.9 Å². The normalized spacial score (nSPS) is 26.3. The molecule has 88 valence electrons. The zero-order valence-corrected chi connectivity index (χ0v) is 9.86. The van der Waals surface area contributed by atoms with Gasteiger partial charge in [-0.2, -0.15) is 0 Å². The third-order valence-corrected chi connectivity index (χ3v) is 3.26. The van der Waals surface area contributed by atoms with Gasteiger partial charge in [0.15, 0.2) is 0 Å². The lowest BCUT2D eigenvalue weighted by Gasteiger charge is -2.40. The van der Waals surface area contributed by atoms with Gasteiger partial charge in [-0.15, -0.1) is 0 Å². The van der Waals surface area contributed by atoms with Crippen LogP contribution in [0.5, 0.6) is 0 Å². The summed E-state index contributed by atoms with van der Waals surface area (Å²) < 4.78 is 0. The highest BCUT2D eigenvalue weighted by molar-refractivity contribution is 5.75. The molecule has 15 heavy (non-hydrogen) atoms. The predicted octanol–water partition coefficient (Wildman–Crippen LogP) is -0.609. The Morgan fingerprint density at radius 3 is 2.80 bits per heavy atom. The molecule has 1 rings (SSSR count). The lowest BCUT2D eigenvalue weighted by molar-refractivity contribution is -0.122. The van der Waals surface area contributed by atoms with E-state index in [0.29, 0.717) is 12.5 Å². The zero-order valence-electron chi connectivity index (χ0n) is 9.86. The first-order valence-corrected chi connectivity index (χ1v) is 5.48. The van der Waals surface area contributed by atoms with Crippen molar-refractivity contribution in [2.45, 2.75) is 32.4 Å². The fourth-order valence-electron chi connectivity index (χ4n) is 1.93. The predicted molar refractivity (Wildman–Crippen MR) is 60.1 cm³/mol. The summed E-state index contributed by atoms with van der Waals surface area (Å²) in [6.45, 7) is 7.40. The van der Waals surface area contributed by atoms with Crippen molar-refractivity contribution >= 4 is 5.91 Å². The molecule has 1 aliphatic rings. The van der Waals surface area contributed by atoms with E-state index in [1.807, 2.05) is 0 Å². The monoisotopic (exact) mass is 214 g/mol. The van der Waals surface area contributed by atoms with Crippen LogP contribution in [0, 0.1) is 0 Å². The van der Waals surface area contributed by atoms with Crippen LogP contribution in [0.3, 0.4) is 0 Å². The number of carbonyl (C=O) groups excluding carboxylic acids is 1. The van der Waals surface area contributed by atoms with Crippen molar-refractivity contribution in [3.63, 3.8) is 0 Å². The number of hydrazine groups is 1. The van der Waals surface area contributed by atoms with Crippen LogP contribution in [0.1, 0.15) is 20.3 Å². The molecule has 0 radical (unpaired) electrons. The van der Waals surface area contributed by atoms with Gasteiger partial charge in [-0.1, -0.05) is 0 Å². The maximum atomic E-state index is 11.1. The molecule has 1 heterocycles. The van der Waals surface area contributed by atoms with Crippen molar-refractivity contribution in [3.05, 3.63) is 0 Å². The first kappa shape index (κ1) is 12.4. The smallest absolute Gasteiger partial charge is 0.235 e. The summed E-state index contributed by atoms with van der Waals surface area (Å²) >= 11 is 0. The fraction of sp³-hybridized carbons (Fsp3) is 0.900. The van der Waals surface area contributed by atoms with E-state index in [1.54, 1.807) is 0 Å². The van der Waals surface area contributed by atoms with Gasteiger partial charge in [0.25, 0.3) is 0 Å². The van der Waals surface area contributed by atoms with Crippen LogP contribution in [0.4, 0.5) is 0 Å². The zero-order chi connectivity index (χ0) is 11.4. The summed E-state index contributed by atoms with van der Waals surface area (Å²) in [5.41, 5.74) is 2.18. The van der Waals surface area contributed by atoms with Gasteiger partial charge >= 0.3 is 0 Å². The molecule has 1 amide bonds. The average Bonchev–Trinajstić information content (AvgIpc) is 2.21. The lowest BCUT2D eigenvalue weighted by Crippen LogP contribution is -2.53. The molecule has 1 aliphatic heterocycles. The van der Waals surface area contributed by atoms with Crippen molar-refractivity contribution in [2.24, 2.45) is 5.84 Å². The Morgan fingerprint density at radius 2 is 2.27 bits per heavy atom. The number of nitrogens with zero attached hydrogens (tertiary/aromatic N) is 2. The molecule has 0 aromatic heterocycles. The Labute approximate surface area is 91.6 Å². The van der Waals surface area contributed by atoms with Gasteiger partial charge in [-0.25, -0.2) is 5.84 Å². The second kappa shape index (κ2) is 5.44. The SMILES string of the molecule is CC1CN(C(C)CC(=O)NN)CCN1C. The fourth-order valence-corrected chi connectivity index (χ4v) is 1.93. The molecule has 0 saturated carbocycles. The Bertz CT molecular complexity index is 221. The number of piperazine rings is 1. The van der Waals surface area contributed by atoms with Crippen molar-refractivity contribution in [3.8, 4) is 0 Å². The second-order valence-electron chi connectivity index (χ2n) is 4.45. The molecule has 2 atom stereocenters. The van der Waals surface area contributed by atoms with Crippen LogP contribution in [0.25, 0.3) is 0 Å². The molecule has 0 aromatic carbocycles. The van der Waals surface area contributed by atoms with E-state index in [9.17, 15) is 4.79 Å². The number of likely N-dealkylation sites (N-methyl/N-ethyl adjacent to an activating group) is 1. The van der Waals surface area contributed by atoms with Crippen molar-refractivity contribution in [2.75, 3.05) is 26.7 Å². The van der Waals surface area contributed by atoms with Crippen LogP contribution in [-0.4, -0.2) is 54.5 Å². The van der Waals surface area contributed by atoms with Gasteiger partial charge in [-0.3, -0.25) is 15.1 Å². The molecule has 0 aromatic rings. The maximum absolute atomic E-state index is 11.1. The molecular weight excluding hydrogens is 192 g/mol. The number of hydrogen-bond donors (Lipinski definition) is 2. The quantitative estimate of drug-likeness (QED) is 0.374. The molecule has 0 bridgehead atoms. The van der Waals surface area contributed by atoms with Crippen LogP contribution in [0.2, 0.25) is 0 Å². The highest BCUT2D eigenvalue weighted by atomic mass is 16.2. The summed E-state index contributed by atoms with van der Waals surface area (Å²) in [6, 6.07) is 0.826. The Kier molecular flexibility index (Phi) is 4.50. The maximum Gasteiger partial charge on any atom is 0.235 e. The van der Waals surface area contributed by atoms with E-state index in [4.69, 9.17) is 5.84 Å². The first-order valence-electron chi connectivity index (χ1n) is 5.48. The Hall–Kier alpha value is -0.650. The van der Waals surface area contributed by atoms with Crippen molar-refractivity contribution in [1.29, 1.82) is 0 Å². The van der Waals surface area contributed by atoms with Crippen LogP contribution >= 0.6 is 0 Å². The number of carbonyl (C=O) groups is 1. The van der Waals surface area contributed by atoms with Gasteiger partial charge < -0.3 is 4.90 Å². The Morgan fingerprint density at radius 1 is 1.60 bits per heavy atom. The molecule has 1 fully saturated rings. The third kappa shape index (κ3) is 3.44. The van der Waals surface area contributed by atoms with Gasteiger partial charge in [0.2, 0.25) is 5.91 Å². The highest BCUT2D eigenvalue weighted by Gasteiger charge is 2.24. The highest BCUT2D eigenvalue weighted by Crippen LogP contribution is 2.12. The molecule has 1 saturated heterocycles. The van der Waals surface area contributed by atoms with E-state index < -0.39 is 0 Å². The molecular formula is C10H22N4O. The topological polar surface area (TPSA) is 61.6 Å². The number of amides is 1. The third-order valence-electron chi connectivity index (χ3n) is 3.26. The van der Waals surface area contributed by atoms with E-state index in [2.05, 4.69) is 36.1 Å². The Balaban J connectivity index is 2.40. The largest absolute Gasteiger partial charge is 0.301 e. The second-order valence-corrected chi connectivity index (χ2v) is 4.45. The summed E-state index contributed by atoms with van der Waals surface area (Å²) in [7, 11) is 2.14. The minimum absolute atomic E-state index is 0.0888. The molecule has 2 unspecified atom stereocenters. The first-order chi connectivity index (χ1) is 7.04. The lowest BCUT2D eigenvalue weighted by atomic mass is 10.1. The number of nitrogens with one attached hydrogen (secondary N) is 1. The van der Waals surface area contributed by atoms with E-state index in [0.717, 1.165) is 19.6 Å². The molecule has 5 nitrogen and oxygen atoms in total. The molecule has 0 aliphatic carbocycles. The van der Waals surface area contributed by atoms with Gasteiger partial charge in [0, 0.05) is 38.1 Å². The van der Waals surface area contributed by atoms with Gasteiger partial charge in [0.05, 0.1) is 0 Å². The van der Waals surface area contributed by atoms with E-state index in [1.165, 1.54) is 0 Å². The molecule has 0 spiro atoms. The summed E-state index contributed by atoms with van der Waals surface area (Å²) in [5, 5.41) is 0. The van der Waals surface area contributed by atoms with Gasteiger partial charge in [0.1, 0.15) is 0 Å². The minimum atomic E-state index is -0.0888. The number of hydrogen-bond acceptors (Lipinski definition) is 4. The van der Waals surface area contributed by atoms with Crippen LogP contribution < -0.4 is 11.3 Å². The summed E-state index contributed by atoms with van der Waals surface area (Å²) in [6.07, 6.45) is 0.479. The van der Waals surface area contributed by atoms with Gasteiger partial charge in [-0.05, 0) is 20.9 Å². The van der Waals surface area contributed by atoms with Crippen molar-refractivity contribution < 1.29 is 4.79 Å².